The molecular formula is C9H10BO2. The van der Waals surface area contributed by atoms with Crippen LogP contribution in [-0.4, -0.2) is 7.69 Å². The molecule has 1 aromatic carbocycles. The summed E-state index contributed by atoms with van der Waals surface area (Å²) in [6.45, 7) is 1.87. The second kappa shape index (κ2) is 5.30. The Hall–Kier alpha value is -1.38. The SMILES string of the molecule is CC=CO[B]Oc1ccccc1. The minimum absolute atomic E-state index is 0.766. The highest BCUT2D eigenvalue weighted by Crippen LogP contribution is 2.06. The fraction of sp³-hybridized carbons (Fsp3) is 0.111. The third-order valence-electron chi connectivity index (χ3n) is 1.20. The zero-order valence-corrected chi connectivity index (χ0v) is 6.94. The molecule has 0 fully saturated rings. The van der Waals surface area contributed by atoms with E-state index in [2.05, 4.69) is 0 Å². The van der Waals surface area contributed by atoms with Gasteiger partial charge in [0.2, 0.25) is 0 Å². The van der Waals surface area contributed by atoms with Gasteiger partial charge in [0.1, 0.15) is 5.75 Å². The Morgan fingerprint density at radius 3 is 2.67 bits per heavy atom. The third kappa shape index (κ3) is 3.15. The first-order chi connectivity index (χ1) is 5.93. The highest BCUT2D eigenvalue weighted by molar-refractivity contribution is 6.19. The molecule has 3 heteroatoms. The van der Waals surface area contributed by atoms with Crippen molar-refractivity contribution in [2.24, 2.45) is 0 Å². The van der Waals surface area contributed by atoms with Crippen LogP contribution in [0.3, 0.4) is 0 Å². The Bertz CT molecular complexity index is 234. The largest absolute Gasteiger partial charge is 0.657 e. The molecule has 1 radical (unpaired) electrons. The lowest BCUT2D eigenvalue weighted by atomic mass is 10.3. The minimum atomic E-state index is 0.766. The normalized spacial score (nSPS) is 9.75. The fourth-order valence-corrected chi connectivity index (χ4v) is 0.693. The molecule has 0 spiro atoms. The topological polar surface area (TPSA) is 18.5 Å². The molecule has 0 saturated heterocycles. The van der Waals surface area contributed by atoms with E-state index in [9.17, 15) is 0 Å². The first-order valence-electron chi connectivity index (χ1n) is 3.73. The number of hydrogen-bond acceptors (Lipinski definition) is 2. The van der Waals surface area contributed by atoms with Crippen molar-refractivity contribution in [3.63, 3.8) is 0 Å². The van der Waals surface area contributed by atoms with Crippen molar-refractivity contribution in [2.75, 3.05) is 0 Å². The number of para-hydroxylation sites is 1. The third-order valence-corrected chi connectivity index (χ3v) is 1.20. The van der Waals surface area contributed by atoms with E-state index in [1.807, 2.05) is 37.3 Å². The van der Waals surface area contributed by atoms with Crippen LogP contribution in [-0.2, 0) is 4.65 Å². The monoisotopic (exact) mass is 161 g/mol. The van der Waals surface area contributed by atoms with Gasteiger partial charge >= 0.3 is 7.69 Å². The average molecular weight is 161 g/mol. The Kier molecular flexibility index (Phi) is 3.85. The van der Waals surface area contributed by atoms with Gasteiger partial charge in [-0.3, -0.25) is 0 Å². The maximum absolute atomic E-state index is 5.11. The van der Waals surface area contributed by atoms with Crippen LogP contribution in [0.1, 0.15) is 6.92 Å². The van der Waals surface area contributed by atoms with Crippen LogP contribution in [0.5, 0.6) is 5.75 Å². The number of rotatable bonds is 4. The minimum Gasteiger partial charge on any atom is -0.533 e. The van der Waals surface area contributed by atoms with Crippen LogP contribution in [0.15, 0.2) is 42.7 Å². The molecule has 0 aliphatic rings. The highest BCUT2D eigenvalue weighted by atomic mass is 16.6. The van der Waals surface area contributed by atoms with Crippen LogP contribution in [0.4, 0.5) is 0 Å². The molecule has 12 heavy (non-hydrogen) atoms. The van der Waals surface area contributed by atoms with Gasteiger partial charge in [-0.05, 0) is 19.1 Å². The summed E-state index contributed by atoms with van der Waals surface area (Å²) in [5, 5.41) is 0. The Balaban J connectivity index is 2.24. The molecule has 61 valence electrons. The van der Waals surface area contributed by atoms with Gasteiger partial charge in [-0.2, -0.15) is 0 Å². The number of benzene rings is 1. The molecule has 1 rings (SSSR count). The van der Waals surface area contributed by atoms with Crippen LogP contribution >= 0.6 is 0 Å². The van der Waals surface area contributed by atoms with E-state index < -0.39 is 0 Å². The fourth-order valence-electron chi connectivity index (χ4n) is 0.693. The van der Waals surface area contributed by atoms with Gasteiger partial charge in [-0.25, -0.2) is 0 Å². The van der Waals surface area contributed by atoms with E-state index in [4.69, 9.17) is 9.31 Å². The van der Waals surface area contributed by atoms with E-state index in [1.54, 1.807) is 12.3 Å². The van der Waals surface area contributed by atoms with Gasteiger partial charge in [-0.1, -0.05) is 24.3 Å². The zero-order valence-electron chi connectivity index (χ0n) is 6.94. The van der Waals surface area contributed by atoms with Gasteiger partial charge in [0, 0.05) is 0 Å². The maximum atomic E-state index is 5.11. The summed E-state index contributed by atoms with van der Waals surface area (Å²) in [5.74, 6) is 0.766. The summed E-state index contributed by atoms with van der Waals surface area (Å²) in [4.78, 5) is 0. The predicted molar refractivity (Wildman–Crippen MR) is 48.7 cm³/mol. The molecule has 0 atom stereocenters. The van der Waals surface area contributed by atoms with Crippen molar-refractivity contribution in [2.45, 2.75) is 6.92 Å². The molecule has 0 aliphatic heterocycles. The molecule has 2 nitrogen and oxygen atoms in total. The smallest absolute Gasteiger partial charge is 0.533 e. The van der Waals surface area contributed by atoms with Crippen molar-refractivity contribution in [3.8, 4) is 5.75 Å². The van der Waals surface area contributed by atoms with Crippen LogP contribution in [0.2, 0.25) is 0 Å². The standard InChI is InChI=1S/C9H10BO2/c1-2-8-11-10-12-9-6-4-3-5-7-9/h2-8H,1H3. The van der Waals surface area contributed by atoms with Gasteiger partial charge in [-0.15, -0.1) is 0 Å². The van der Waals surface area contributed by atoms with E-state index in [-0.39, 0.29) is 0 Å². The molecule has 0 aromatic heterocycles. The van der Waals surface area contributed by atoms with Crippen LogP contribution < -0.4 is 4.65 Å². The molecule has 0 aliphatic carbocycles. The lowest BCUT2D eigenvalue weighted by Gasteiger charge is -2.01. The molecule has 0 amide bonds. The Morgan fingerprint density at radius 1 is 1.25 bits per heavy atom. The van der Waals surface area contributed by atoms with Crippen molar-refractivity contribution in [1.82, 2.24) is 0 Å². The number of hydrogen-bond donors (Lipinski definition) is 0. The number of allylic oxidation sites excluding steroid dienone is 1. The molecular weight excluding hydrogens is 151 g/mol. The Morgan fingerprint density at radius 2 is 2.00 bits per heavy atom. The van der Waals surface area contributed by atoms with Gasteiger partial charge in [0.25, 0.3) is 0 Å². The quantitative estimate of drug-likeness (QED) is 0.382. The summed E-state index contributed by atoms with van der Waals surface area (Å²) in [6.07, 6.45) is 3.33. The second-order valence-corrected chi connectivity index (χ2v) is 2.13. The van der Waals surface area contributed by atoms with Crippen molar-refractivity contribution < 1.29 is 9.31 Å². The summed E-state index contributed by atoms with van der Waals surface area (Å²) in [5.41, 5.74) is 0. The van der Waals surface area contributed by atoms with Gasteiger partial charge in [0.05, 0.1) is 6.26 Å². The van der Waals surface area contributed by atoms with Crippen LogP contribution in [0.25, 0.3) is 0 Å². The van der Waals surface area contributed by atoms with Gasteiger partial charge in [0.15, 0.2) is 0 Å². The zero-order chi connectivity index (χ0) is 8.65. The van der Waals surface area contributed by atoms with E-state index in [0.29, 0.717) is 0 Å². The first kappa shape index (κ1) is 8.72. The van der Waals surface area contributed by atoms with Crippen molar-refractivity contribution in [3.05, 3.63) is 42.7 Å². The van der Waals surface area contributed by atoms with Crippen molar-refractivity contribution in [1.29, 1.82) is 0 Å². The Labute approximate surface area is 73.1 Å². The van der Waals surface area contributed by atoms with Crippen molar-refractivity contribution >= 4 is 7.69 Å². The molecule has 0 heterocycles. The average Bonchev–Trinajstić information content (AvgIpc) is 2.14. The van der Waals surface area contributed by atoms with E-state index in [0.717, 1.165) is 5.75 Å². The van der Waals surface area contributed by atoms with E-state index in [1.165, 1.54) is 7.69 Å². The van der Waals surface area contributed by atoms with Gasteiger partial charge < -0.3 is 9.31 Å². The molecule has 1 aromatic rings. The lowest BCUT2D eigenvalue weighted by molar-refractivity contribution is 0.412. The molecule has 0 unspecified atom stereocenters. The summed E-state index contributed by atoms with van der Waals surface area (Å²) in [7, 11) is 1.29. The maximum Gasteiger partial charge on any atom is 0.657 e. The molecule has 0 N–H and O–H groups in total. The predicted octanol–water partition coefficient (Wildman–Crippen LogP) is 2.15. The summed E-state index contributed by atoms with van der Waals surface area (Å²) >= 11 is 0. The molecule has 0 bridgehead atoms. The van der Waals surface area contributed by atoms with E-state index >= 15 is 0 Å². The summed E-state index contributed by atoms with van der Waals surface area (Å²) in [6, 6.07) is 9.45. The molecule has 0 saturated carbocycles. The van der Waals surface area contributed by atoms with Crippen LogP contribution in [0, 0.1) is 0 Å². The summed E-state index contributed by atoms with van der Waals surface area (Å²) < 4.78 is 9.97. The second-order valence-electron chi connectivity index (χ2n) is 2.13. The highest BCUT2D eigenvalue weighted by Gasteiger charge is 1.94. The lowest BCUT2D eigenvalue weighted by Crippen LogP contribution is -2.03. The first-order valence-corrected chi connectivity index (χ1v) is 3.73.